The predicted molar refractivity (Wildman–Crippen MR) is 68.7 cm³/mol. The average Bonchev–Trinajstić information content (AvgIpc) is 2.24. The number of amides is 1. The predicted octanol–water partition coefficient (Wildman–Crippen LogP) is 1.89. The van der Waals surface area contributed by atoms with Crippen LogP contribution in [0.5, 0.6) is 0 Å². The number of hydrogen-bond acceptors (Lipinski definition) is 3. The van der Waals surface area contributed by atoms with Crippen molar-refractivity contribution >= 4 is 17.7 Å². The number of hydrogen-bond donors (Lipinski definition) is 1. The lowest BCUT2D eigenvalue weighted by molar-refractivity contribution is -0.132. The molecule has 16 heavy (non-hydrogen) atoms. The van der Waals surface area contributed by atoms with Crippen molar-refractivity contribution in [3.63, 3.8) is 0 Å². The maximum atomic E-state index is 11.8. The second-order valence-corrected chi connectivity index (χ2v) is 5.89. The Kier molecular flexibility index (Phi) is 5.62. The highest BCUT2D eigenvalue weighted by Gasteiger charge is 2.29. The van der Waals surface area contributed by atoms with E-state index in [1.165, 1.54) is 12.8 Å². The second-order valence-electron chi connectivity index (χ2n) is 4.78. The van der Waals surface area contributed by atoms with Crippen molar-refractivity contribution in [3.8, 4) is 0 Å². The third-order valence-electron chi connectivity index (χ3n) is 3.06. The Bertz CT molecular complexity index is 221. The zero-order valence-electron chi connectivity index (χ0n) is 10.4. The molecule has 0 aliphatic carbocycles. The largest absolute Gasteiger partial charge is 0.390 e. The summed E-state index contributed by atoms with van der Waals surface area (Å²) in [4.78, 5) is 13.7. The van der Waals surface area contributed by atoms with E-state index in [0.717, 1.165) is 5.75 Å². The summed E-state index contributed by atoms with van der Waals surface area (Å²) in [7, 11) is 0. The molecule has 1 aliphatic rings. The van der Waals surface area contributed by atoms with Gasteiger partial charge in [0.15, 0.2) is 0 Å². The molecule has 94 valence electrons. The third kappa shape index (κ3) is 4.74. The van der Waals surface area contributed by atoms with Crippen molar-refractivity contribution in [1.82, 2.24) is 4.90 Å². The molecule has 1 heterocycles. The molecule has 1 saturated heterocycles. The highest BCUT2D eigenvalue weighted by atomic mass is 32.2. The summed E-state index contributed by atoms with van der Waals surface area (Å²) in [6.07, 6.45) is 3.79. The smallest absolute Gasteiger partial charge is 0.232 e. The Morgan fingerprint density at radius 1 is 1.44 bits per heavy atom. The van der Waals surface area contributed by atoms with Crippen molar-refractivity contribution in [3.05, 3.63) is 0 Å². The quantitative estimate of drug-likeness (QED) is 0.752. The van der Waals surface area contributed by atoms with Gasteiger partial charge in [0.1, 0.15) is 0 Å². The molecule has 0 unspecified atom stereocenters. The Morgan fingerprint density at radius 2 is 2.06 bits per heavy atom. The first-order chi connectivity index (χ1) is 7.55. The van der Waals surface area contributed by atoms with E-state index in [-0.39, 0.29) is 5.91 Å². The monoisotopic (exact) mass is 245 g/mol. The molecule has 1 N–H and O–H groups in total. The van der Waals surface area contributed by atoms with Crippen molar-refractivity contribution in [2.75, 3.05) is 24.6 Å². The number of piperidine rings is 1. The molecule has 0 spiro atoms. The van der Waals surface area contributed by atoms with E-state index in [1.54, 1.807) is 11.8 Å². The van der Waals surface area contributed by atoms with Crippen LogP contribution in [0.2, 0.25) is 0 Å². The van der Waals surface area contributed by atoms with Gasteiger partial charge in [0, 0.05) is 13.1 Å². The molecular formula is C12H23NO2S. The van der Waals surface area contributed by atoms with E-state index in [1.807, 2.05) is 11.8 Å². The topological polar surface area (TPSA) is 40.5 Å². The van der Waals surface area contributed by atoms with Crippen LogP contribution in [0.3, 0.4) is 0 Å². The van der Waals surface area contributed by atoms with Crippen LogP contribution in [-0.4, -0.2) is 46.1 Å². The summed E-state index contributed by atoms with van der Waals surface area (Å²) in [5.74, 6) is 1.91. The van der Waals surface area contributed by atoms with Gasteiger partial charge in [0.2, 0.25) is 5.91 Å². The lowest BCUT2D eigenvalue weighted by atomic mass is 9.94. The first-order valence-electron chi connectivity index (χ1n) is 6.13. The fraction of sp³-hybridized carbons (Fsp3) is 0.917. The Morgan fingerprint density at radius 3 is 2.62 bits per heavy atom. The molecule has 0 radical (unpaired) electrons. The average molecular weight is 245 g/mol. The van der Waals surface area contributed by atoms with Crippen LogP contribution < -0.4 is 0 Å². The minimum atomic E-state index is -0.563. The lowest BCUT2D eigenvalue weighted by Crippen LogP contribution is -2.45. The standard InChI is InChI=1S/C12H23NO2S/c1-3-4-9-16-10-11(14)13-7-5-12(2,15)6-8-13/h15H,3-10H2,1-2H3. The SMILES string of the molecule is CCCCSCC(=O)N1CCC(C)(O)CC1. The molecule has 0 saturated carbocycles. The van der Waals surface area contributed by atoms with Gasteiger partial charge in [0.25, 0.3) is 0 Å². The van der Waals surface area contributed by atoms with Crippen LogP contribution in [0, 0.1) is 0 Å². The normalized spacial score (nSPS) is 19.8. The highest BCUT2D eigenvalue weighted by molar-refractivity contribution is 7.99. The van der Waals surface area contributed by atoms with E-state index in [2.05, 4.69) is 6.92 Å². The molecule has 0 atom stereocenters. The van der Waals surface area contributed by atoms with Gasteiger partial charge in [-0.15, -0.1) is 0 Å². The lowest BCUT2D eigenvalue weighted by Gasteiger charge is -2.35. The first-order valence-corrected chi connectivity index (χ1v) is 7.28. The van der Waals surface area contributed by atoms with Crippen LogP contribution in [0.1, 0.15) is 39.5 Å². The highest BCUT2D eigenvalue weighted by Crippen LogP contribution is 2.21. The first kappa shape index (κ1) is 13.8. The molecule has 0 bridgehead atoms. The molecule has 3 nitrogen and oxygen atoms in total. The number of rotatable bonds is 5. The van der Waals surface area contributed by atoms with Crippen molar-refractivity contribution in [2.45, 2.75) is 45.1 Å². The van der Waals surface area contributed by atoms with E-state index in [0.29, 0.717) is 31.7 Å². The van der Waals surface area contributed by atoms with Crippen LogP contribution >= 0.6 is 11.8 Å². The number of nitrogens with zero attached hydrogens (tertiary/aromatic N) is 1. The van der Waals surface area contributed by atoms with Crippen LogP contribution in [0.4, 0.5) is 0 Å². The van der Waals surface area contributed by atoms with Gasteiger partial charge in [-0.1, -0.05) is 13.3 Å². The van der Waals surface area contributed by atoms with Gasteiger partial charge in [-0.05, 0) is 31.9 Å². The number of aliphatic hydroxyl groups is 1. The number of carbonyl (C=O) groups is 1. The fourth-order valence-corrected chi connectivity index (χ4v) is 2.73. The van der Waals surface area contributed by atoms with Crippen LogP contribution in [-0.2, 0) is 4.79 Å². The number of thioether (sulfide) groups is 1. The molecule has 0 aromatic heterocycles. The summed E-state index contributed by atoms with van der Waals surface area (Å²) in [6, 6.07) is 0. The molecular weight excluding hydrogens is 222 g/mol. The van der Waals surface area contributed by atoms with E-state index >= 15 is 0 Å². The number of likely N-dealkylation sites (tertiary alicyclic amines) is 1. The van der Waals surface area contributed by atoms with E-state index in [9.17, 15) is 9.90 Å². The Hall–Kier alpha value is -0.220. The van der Waals surface area contributed by atoms with Crippen molar-refractivity contribution < 1.29 is 9.90 Å². The third-order valence-corrected chi connectivity index (χ3v) is 4.09. The second kappa shape index (κ2) is 6.50. The maximum absolute atomic E-state index is 11.8. The van der Waals surface area contributed by atoms with Gasteiger partial charge in [-0.2, -0.15) is 11.8 Å². The van der Waals surface area contributed by atoms with Gasteiger partial charge < -0.3 is 10.0 Å². The molecule has 1 rings (SSSR count). The van der Waals surface area contributed by atoms with E-state index < -0.39 is 5.60 Å². The van der Waals surface area contributed by atoms with Gasteiger partial charge in [-0.3, -0.25) is 4.79 Å². The molecule has 1 fully saturated rings. The summed E-state index contributed by atoms with van der Waals surface area (Å²) in [5.41, 5.74) is -0.563. The summed E-state index contributed by atoms with van der Waals surface area (Å²) < 4.78 is 0. The minimum absolute atomic E-state index is 0.233. The Balaban J connectivity index is 2.18. The van der Waals surface area contributed by atoms with Crippen LogP contribution in [0.15, 0.2) is 0 Å². The number of carbonyl (C=O) groups excluding carboxylic acids is 1. The zero-order chi connectivity index (χ0) is 12.0. The van der Waals surface area contributed by atoms with Gasteiger partial charge >= 0.3 is 0 Å². The molecule has 1 aliphatic heterocycles. The maximum Gasteiger partial charge on any atom is 0.232 e. The summed E-state index contributed by atoms with van der Waals surface area (Å²) in [5, 5.41) is 9.78. The fourth-order valence-electron chi connectivity index (χ4n) is 1.74. The number of unbranched alkanes of at least 4 members (excludes halogenated alkanes) is 1. The van der Waals surface area contributed by atoms with Gasteiger partial charge in [0.05, 0.1) is 11.4 Å². The molecule has 4 heteroatoms. The van der Waals surface area contributed by atoms with Crippen molar-refractivity contribution in [1.29, 1.82) is 0 Å². The molecule has 0 aromatic rings. The summed E-state index contributed by atoms with van der Waals surface area (Å²) in [6.45, 7) is 5.43. The van der Waals surface area contributed by atoms with Crippen LogP contribution in [0.25, 0.3) is 0 Å². The van der Waals surface area contributed by atoms with E-state index in [4.69, 9.17) is 0 Å². The summed E-state index contributed by atoms with van der Waals surface area (Å²) >= 11 is 1.73. The Labute approximate surface area is 103 Å². The molecule has 1 amide bonds. The van der Waals surface area contributed by atoms with Crippen molar-refractivity contribution in [2.24, 2.45) is 0 Å². The minimum Gasteiger partial charge on any atom is -0.390 e. The van der Waals surface area contributed by atoms with Gasteiger partial charge in [-0.25, -0.2) is 0 Å². The molecule has 0 aromatic carbocycles. The zero-order valence-corrected chi connectivity index (χ0v) is 11.2.